The molecule has 0 aliphatic carbocycles. The quantitative estimate of drug-likeness (QED) is 0.332. The highest BCUT2D eigenvalue weighted by Gasteiger charge is 1.76. The largest absolute Gasteiger partial charge is 0.472 e. The van der Waals surface area contributed by atoms with Gasteiger partial charge in [-0.2, -0.15) is 0 Å². The summed E-state index contributed by atoms with van der Waals surface area (Å²) >= 11 is 3.32. The van der Waals surface area contributed by atoms with Crippen LogP contribution in [0.3, 0.4) is 0 Å². The van der Waals surface area contributed by atoms with Crippen LogP contribution in [0.1, 0.15) is 0 Å². The fourth-order valence-corrected chi connectivity index (χ4v) is 0.143. The topological polar surface area (TPSA) is 37.3 Å². The monoisotopic (exact) mass is 102 g/mol. The van der Waals surface area contributed by atoms with Gasteiger partial charge in [-0.1, -0.05) is 12.6 Å². The molecule has 6 heavy (non-hydrogen) atoms. The van der Waals surface area contributed by atoms with Crippen molar-refractivity contribution in [2.45, 2.75) is 0 Å². The molecule has 0 rings (SSSR count). The van der Waals surface area contributed by atoms with E-state index < -0.39 is 5.97 Å². The van der Waals surface area contributed by atoms with Crippen LogP contribution in [0.2, 0.25) is 0 Å². The van der Waals surface area contributed by atoms with Crippen LogP contribution < -0.4 is 0 Å². The van der Waals surface area contributed by atoms with E-state index in [1.807, 2.05) is 5.25 Å². The Balaban J connectivity index is 3.50. The van der Waals surface area contributed by atoms with Crippen LogP contribution in [0, 0.1) is 11.2 Å². The number of carbonyl (C=O) groups is 1. The molecule has 32 valence electrons. The summed E-state index contributed by atoms with van der Waals surface area (Å²) in [6.07, 6.45) is 0. The highest BCUT2D eigenvalue weighted by Crippen LogP contribution is 1.59. The summed E-state index contributed by atoms with van der Waals surface area (Å²) in [6, 6.07) is 0. The molecule has 0 aliphatic heterocycles. The van der Waals surface area contributed by atoms with E-state index in [2.05, 4.69) is 12.6 Å². The van der Waals surface area contributed by atoms with Gasteiger partial charge in [-0.05, 0) is 5.25 Å². The first-order chi connectivity index (χ1) is 2.77. The Kier molecular flexibility index (Phi) is 2.34. The molecular weight excluding hydrogens is 100 g/mol. The van der Waals surface area contributed by atoms with E-state index in [9.17, 15) is 4.79 Å². The van der Waals surface area contributed by atoms with Crippen LogP contribution >= 0.6 is 12.6 Å². The van der Waals surface area contributed by atoms with Gasteiger partial charge in [-0.25, -0.2) is 4.79 Å². The summed E-state index contributed by atoms with van der Waals surface area (Å²) in [7, 11) is 0. The Morgan fingerprint density at radius 2 is 2.33 bits per heavy atom. The zero-order valence-corrected chi connectivity index (χ0v) is 3.70. The van der Waals surface area contributed by atoms with E-state index in [-0.39, 0.29) is 0 Å². The first-order valence-electron chi connectivity index (χ1n) is 1.15. The maximum atomic E-state index is 9.38. The van der Waals surface area contributed by atoms with Crippen molar-refractivity contribution < 1.29 is 9.90 Å². The number of hydrogen-bond acceptors (Lipinski definition) is 2. The van der Waals surface area contributed by atoms with Gasteiger partial charge >= 0.3 is 5.97 Å². The lowest BCUT2D eigenvalue weighted by Gasteiger charge is -1.62. The zero-order valence-electron chi connectivity index (χ0n) is 2.80. The summed E-state index contributed by atoms with van der Waals surface area (Å²) < 4.78 is 0. The van der Waals surface area contributed by atoms with E-state index in [4.69, 9.17) is 5.11 Å². The summed E-state index contributed by atoms with van der Waals surface area (Å²) in [5, 5.41) is 9.60. The number of aliphatic carboxylic acids is 1. The minimum Gasteiger partial charge on any atom is -0.472 e. The maximum absolute atomic E-state index is 9.38. The number of carboxylic acid groups (broad SMARTS) is 1. The minimum absolute atomic E-state index is 1.15. The van der Waals surface area contributed by atoms with Crippen LogP contribution in [0.25, 0.3) is 0 Å². The average Bonchev–Trinajstić information content (AvgIpc) is 1.35. The molecule has 0 amide bonds. The normalized spacial score (nSPS) is 5.50. The van der Waals surface area contributed by atoms with Crippen molar-refractivity contribution in [1.29, 1.82) is 0 Å². The van der Waals surface area contributed by atoms with E-state index in [0.29, 0.717) is 0 Å². The zero-order chi connectivity index (χ0) is 4.99. The fraction of sp³-hybridized carbons (Fsp3) is 0. The third-order valence-corrected chi connectivity index (χ3v) is 0.275. The number of rotatable bonds is 0. The first-order valence-corrected chi connectivity index (χ1v) is 1.60. The average molecular weight is 102 g/mol. The van der Waals surface area contributed by atoms with Gasteiger partial charge in [0.25, 0.3) is 0 Å². The van der Waals surface area contributed by atoms with Gasteiger partial charge in [0, 0.05) is 5.92 Å². The second-order valence-corrected chi connectivity index (χ2v) is 0.766. The van der Waals surface area contributed by atoms with Crippen molar-refractivity contribution >= 4 is 18.6 Å². The van der Waals surface area contributed by atoms with Crippen molar-refractivity contribution in [2.75, 3.05) is 0 Å². The van der Waals surface area contributed by atoms with Crippen molar-refractivity contribution in [1.82, 2.24) is 0 Å². The third kappa shape index (κ3) is 3.38. The molecule has 0 spiro atoms. The Hall–Kier alpha value is -0.620. The third-order valence-electron chi connectivity index (χ3n) is 0.163. The van der Waals surface area contributed by atoms with Gasteiger partial charge in [-0.15, -0.1) is 0 Å². The molecule has 0 unspecified atom stereocenters. The van der Waals surface area contributed by atoms with Gasteiger partial charge in [0.05, 0.1) is 0 Å². The molecule has 0 fully saturated rings. The molecule has 0 aliphatic rings. The SMILES string of the molecule is O=C(O)C#CS. The van der Waals surface area contributed by atoms with Crippen LogP contribution in [0.15, 0.2) is 0 Å². The molecule has 0 saturated heterocycles. The molecule has 0 bridgehead atoms. The van der Waals surface area contributed by atoms with Crippen molar-refractivity contribution in [2.24, 2.45) is 0 Å². The molecular formula is C3H2O2S. The van der Waals surface area contributed by atoms with Gasteiger partial charge in [0.2, 0.25) is 0 Å². The molecule has 2 nitrogen and oxygen atoms in total. The summed E-state index contributed by atoms with van der Waals surface area (Å²) in [6.45, 7) is 0. The molecule has 0 radical (unpaired) electrons. The van der Waals surface area contributed by atoms with E-state index in [1.165, 1.54) is 0 Å². The maximum Gasteiger partial charge on any atom is 0.382 e. The van der Waals surface area contributed by atoms with Crippen LogP contribution in [0.5, 0.6) is 0 Å². The Labute approximate surface area is 40.6 Å². The molecule has 0 atom stereocenters. The molecule has 0 aromatic rings. The number of carboxylic acids is 1. The number of thiol groups is 1. The highest BCUT2D eigenvalue weighted by molar-refractivity contribution is 7.85. The lowest BCUT2D eigenvalue weighted by Crippen LogP contribution is -1.84. The molecule has 0 aromatic carbocycles. The van der Waals surface area contributed by atoms with Gasteiger partial charge in [0.1, 0.15) is 0 Å². The second kappa shape index (κ2) is 2.61. The van der Waals surface area contributed by atoms with Crippen LogP contribution in [-0.2, 0) is 4.79 Å². The van der Waals surface area contributed by atoms with E-state index >= 15 is 0 Å². The summed E-state index contributed by atoms with van der Waals surface area (Å²) in [5.41, 5.74) is 0. The van der Waals surface area contributed by atoms with Gasteiger partial charge in [-0.3, -0.25) is 0 Å². The van der Waals surface area contributed by atoms with Crippen molar-refractivity contribution in [3.8, 4) is 11.2 Å². The molecule has 3 heteroatoms. The van der Waals surface area contributed by atoms with E-state index in [0.717, 1.165) is 0 Å². The predicted molar refractivity (Wildman–Crippen MR) is 24.4 cm³/mol. The van der Waals surface area contributed by atoms with Crippen LogP contribution in [-0.4, -0.2) is 11.1 Å². The first kappa shape index (κ1) is 5.38. The van der Waals surface area contributed by atoms with Gasteiger partial charge in [0.15, 0.2) is 0 Å². The van der Waals surface area contributed by atoms with Gasteiger partial charge < -0.3 is 5.11 Å². The standard InChI is InChI=1S/C3H2O2S/c4-3(5)1-2-6/h6H,(H,4,5). The predicted octanol–water partition coefficient (Wildman–Crippen LogP) is -0.0383. The molecule has 0 saturated carbocycles. The Morgan fingerprint density at radius 1 is 1.83 bits per heavy atom. The minimum atomic E-state index is -1.15. The Morgan fingerprint density at radius 3 is 2.33 bits per heavy atom. The lowest BCUT2D eigenvalue weighted by atomic mass is 10.7. The summed E-state index contributed by atoms with van der Waals surface area (Å²) in [5.74, 6) is 0.591. The lowest BCUT2D eigenvalue weighted by molar-refractivity contribution is -0.130. The summed E-state index contributed by atoms with van der Waals surface area (Å²) in [4.78, 5) is 9.38. The molecule has 0 heterocycles. The van der Waals surface area contributed by atoms with Crippen molar-refractivity contribution in [3.05, 3.63) is 0 Å². The van der Waals surface area contributed by atoms with Crippen LogP contribution in [0.4, 0.5) is 0 Å². The molecule has 1 N–H and O–H groups in total. The highest BCUT2D eigenvalue weighted by atomic mass is 32.1. The van der Waals surface area contributed by atoms with Crippen molar-refractivity contribution in [3.63, 3.8) is 0 Å². The molecule has 0 aromatic heterocycles. The Bertz CT molecular complexity index is 108. The smallest absolute Gasteiger partial charge is 0.382 e. The van der Waals surface area contributed by atoms with E-state index in [1.54, 1.807) is 5.92 Å². The second-order valence-electron chi connectivity index (χ2n) is 0.542. The number of hydrogen-bond donors (Lipinski definition) is 2. The fourth-order valence-electron chi connectivity index (χ4n) is 0.0478.